The van der Waals surface area contributed by atoms with Gasteiger partial charge >= 0.3 is 6.03 Å². The van der Waals surface area contributed by atoms with Crippen LogP contribution in [0.2, 0.25) is 0 Å². The third-order valence-corrected chi connectivity index (χ3v) is 2.71. The Morgan fingerprint density at radius 1 is 1.56 bits per heavy atom. The molecule has 8 heteroatoms. The number of amides is 3. The lowest BCUT2D eigenvalue weighted by Gasteiger charge is -2.29. The van der Waals surface area contributed by atoms with Crippen LogP contribution in [0.1, 0.15) is 0 Å². The van der Waals surface area contributed by atoms with E-state index in [2.05, 4.69) is 20.8 Å². The van der Waals surface area contributed by atoms with Crippen LogP contribution in [0.3, 0.4) is 0 Å². The fourth-order valence-electron chi connectivity index (χ4n) is 1.83. The number of hydrogen-bond donors (Lipinski definition) is 2. The highest BCUT2D eigenvalue weighted by Gasteiger charge is 2.58. The Bertz CT molecular complexity index is 417. The Labute approximate surface area is 92.0 Å². The summed E-state index contributed by atoms with van der Waals surface area (Å²) in [5, 5.41) is 6.42. The first-order valence-corrected chi connectivity index (χ1v) is 4.66. The second kappa shape index (κ2) is 3.19. The Morgan fingerprint density at radius 3 is 2.88 bits per heavy atom. The number of fused-ring (bicyclic) bond motifs is 1. The molecule has 2 N–H and O–H groups in total. The van der Waals surface area contributed by atoms with E-state index >= 15 is 0 Å². The standard InChI is InChI=1S/C8H12N6O2/c1-9-6(15)8-5(12-11-4-10-8)13(2)7(16)14(8)3/h4H,1-3H3,(H,9,15)(H,10,11)/t8-/m1/s1. The normalized spacial score (nSPS) is 27.4. The summed E-state index contributed by atoms with van der Waals surface area (Å²) in [5.41, 5.74) is 1.14. The topological polar surface area (TPSA) is 89.4 Å². The van der Waals surface area contributed by atoms with Gasteiger partial charge in [-0.25, -0.2) is 9.79 Å². The molecule has 0 radical (unpaired) electrons. The molecular formula is C8H12N6O2. The van der Waals surface area contributed by atoms with Crippen LogP contribution in [0, 0.1) is 0 Å². The number of amidine groups is 1. The number of aliphatic imine (C=N–C) groups is 1. The molecule has 0 unspecified atom stereocenters. The summed E-state index contributed by atoms with van der Waals surface area (Å²) < 4.78 is 0. The highest BCUT2D eigenvalue weighted by atomic mass is 16.2. The predicted molar refractivity (Wildman–Crippen MR) is 56.8 cm³/mol. The number of nitrogens with zero attached hydrogens (tertiary/aromatic N) is 4. The van der Waals surface area contributed by atoms with Crippen LogP contribution in [0.5, 0.6) is 0 Å². The first kappa shape index (κ1) is 10.4. The lowest BCUT2D eigenvalue weighted by atomic mass is 10.1. The molecule has 0 bridgehead atoms. The molecule has 2 rings (SSSR count). The molecule has 0 aromatic carbocycles. The fourth-order valence-corrected chi connectivity index (χ4v) is 1.83. The van der Waals surface area contributed by atoms with Crippen molar-refractivity contribution in [3.63, 3.8) is 0 Å². The van der Waals surface area contributed by atoms with Crippen LogP contribution < -0.4 is 10.7 Å². The molecule has 86 valence electrons. The van der Waals surface area contributed by atoms with Gasteiger partial charge in [0, 0.05) is 21.1 Å². The Balaban J connectivity index is 2.58. The lowest BCUT2D eigenvalue weighted by molar-refractivity contribution is -0.126. The monoisotopic (exact) mass is 224 g/mol. The van der Waals surface area contributed by atoms with Gasteiger partial charge in [0.25, 0.3) is 11.6 Å². The molecular weight excluding hydrogens is 212 g/mol. The van der Waals surface area contributed by atoms with E-state index in [0.29, 0.717) is 0 Å². The van der Waals surface area contributed by atoms with E-state index < -0.39 is 11.6 Å². The quantitative estimate of drug-likeness (QED) is 0.560. The molecule has 2 aliphatic rings. The van der Waals surface area contributed by atoms with Crippen molar-refractivity contribution < 1.29 is 9.59 Å². The zero-order chi connectivity index (χ0) is 11.9. The summed E-state index contributed by atoms with van der Waals surface area (Å²) in [4.78, 5) is 30.3. The number of likely N-dealkylation sites (N-methyl/N-ethyl adjacent to an activating group) is 3. The fraction of sp³-hybridized carbons (Fsp3) is 0.500. The van der Waals surface area contributed by atoms with Gasteiger partial charge in [-0.3, -0.25) is 20.0 Å². The van der Waals surface area contributed by atoms with Gasteiger partial charge in [0.1, 0.15) is 6.34 Å². The maximum absolute atomic E-state index is 11.9. The SMILES string of the molecule is CNC(=O)[C@@]12N=CNN=C1N(C)C(=O)N2C. The molecule has 0 aliphatic carbocycles. The minimum atomic E-state index is -1.38. The number of carbonyl (C=O) groups is 2. The van der Waals surface area contributed by atoms with Gasteiger partial charge in [0.2, 0.25) is 0 Å². The van der Waals surface area contributed by atoms with Gasteiger partial charge in [-0.1, -0.05) is 0 Å². The van der Waals surface area contributed by atoms with Crippen LogP contribution in [0.15, 0.2) is 10.1 Å². The van der Waals surface area contributed by atoms with E-state index in [0.717, 1.165) is 0 Å². The molecule has 2 heterocycles. The van der Waals surface area contributed by atoms with Crippen LogP contribution >= 0.6 is 0 Å². The zero-order valence-corrected chi connectivity index (χ0v) is 9.18. The summed E-state index contributed by atoms with van der Waals surface area (Å²) in [5.74, 6) is -0.133. The van der Waals surface area contributed by atoms with Crippen molar-refractivity contribution in [3.05, 3.63) is 0 Å². The maximum Gasteiger partial charge on any atom is 0.327 e. The number of hydrazone groups is 1. The van der Waals surface area contributed by atoms with Crippen molar-refractivity contribution >= 4 is 24.1 Å². The minimum Gasteiger partial charge on any atom is -0.355 e. The predicted octanol–water partition coefficient (Wildman–Crippen LogP) is -1.63. The molecule has 0 spiro atoms. The number of urea groups is 1. The van der Waals surface area contributed by atoms with Gasteiger partial charge in [-0.2, -0.15) is 5.10 Å². The molecule has 2 aliphatic heterocycles. The highest BCUT2D eigenvalue weighted by molar-refractivity contribution is 6.22. The molecule has 0 aromatic rings. The van der Waals surface area contributed by atoms with Gasteiger partial charge in [0.05, 0.1) is 0 Å². The van der Waals surface area contributed by atoms with E-state index in [9.17, 15) is 9.59 Å². The minimum absolute atomic E-state index is 0.266. The Hall–Kier alpha value is -2.12. The highest BCUT2D eigenvalue weighted by Crippen LogP contribution is 2.29. The Kier molecular flexibility index (Phi) is 2.07. The van der Waals surface area contributed by atoms with Crippen LogP contribution in [0.4, 0.5) is 4.79 Å². The average molecular weight is 224 g/mol. The van der Waals surface area contributed by atoms with Crippen molar-refractivity contribution in [2.75, 3.05) is 21.1 Å². The summed E-state index contributed by atoms with van der Waals surface area (Å²) in [6, 6.07) is -0.330. The summed E-state index contributed by atoms with van der Waals surface area (Å²) in [6.45, 7) is 0. The van der Waals surface area contributed by atoms with Crippen molar-refractivity contribution in [2.24, 2.45) is 10.1 Å². The number of hydrogen-bond acceptors (Lipinski definition) is 5. The van der Waals surface area contributed by atoms with E-state index in [-0.39, 0.29) is 11.9 Å². The van der Waals surface area contributed by atoms with Gasteiger partial charge in [-0.15, -0.1) is 0 Å². The Morgan fingerprint density at radius 2 is 2.25 bits per heavy atom. The van der Waals surface area contributed by atoms with E-state index in [4.69, 9.17) is 0 Å². The first-order chi connectivity index (χ1) is 7.55. The molecule has 1 atom stereocenters. The van der Waals surface area contributed by atoms with Crippen LogP contribution in [-0.2, 0) is 4.79 Å². The van der Waals surface area contributed by atoms with Gasteiger partial charge in [0.15, 0.2) is 5.84 Å². The van der Waals surface area contributed by atoms with Crippen LogP contribution in [0.25, 0.3) is 0 Å². The molecule has 3 amide bonds. The number of rotatable bonds is 1. The van der Waals surface area contributed by atoms with Crippen molar-refractivity contribution in [2.45, 2.75) is 5.66 Å². The number of nitrogens with one attached hydrogen (secondary N) is 2. The third-order valence-electron chi connectivity index (χ3n) is 2.71. The molecule has 0 aromatic heterocycles. The van der Waals surface area contributed by atoms with Gasteiger partial charge < -0.3 is 5.32 Å². The summed E-state index contributed by atoms with van der Waals surface area (Å²) >= 11 is 0. The number of carbonyl (C=O) groups excluding carboxylic acids is 2. The largest absolute Gasteiger partial charge is 0.355 e. The lowest BCUT2D eigenvalue weighted by Crippen LogP contribution is -2.59. The van der Waals surface area contributed by atoms with E-state index in [1.807, 2.05) is 0 Å². The first-order valence-electron chi connectivity index (χ1n) is 4.66. The van der Waals surface area contributed by atoms with Crippen LogP contribution in [-0.4, -0.2) is 60.7 Å². The molecule has 0 saturated carbocycles. The second-order valence-corrected chi connectivity index (χ2v) is 3.47. The average Bonchev–Trinajstić information content (AvgIpc) is 2.52. The smallest absolute Gasteiger partial charge is 0.327 e. The third kappa shape index (κ3) is 0.980. The maximum atomic E-state index is 11.9. The summed E-state index contributed by atoms with van der Waals surface area (Å²) in [6.07, 6.45) is 1.29. The van der Waals surface area contributed by atoms with E-state index in [1.165, 1.54) is 30.2 Å². The van der Waals surface area contributed by atoms with Gasteiger partial charge in [-0.05, 0) is 0 Å². The zero-order valence-electron chi connectivity index (χ0n) is 9.18. The molecule has 1 saturated heterocycles. The molecule has 8 nitrogen and oxygen atoms in total. The molecule has 16 heavy (non-hydrogen) atoms. The molecule has 1 fully saturated rings. The second-order valence-electron chi connectivity index (χ2n) is 3.47. The van der Waals surface area contributed by atoms with E-state index in [1.54, 1.807) is 7.05 Å². The van der Waals surface area contributed by atoms with Crippen molar-refractivity contribution in [1.29, 1.82) is 0 Å². The van der Waals surface area contributed by atoms with Crippen molar-refractivity contribution in [1.82, 2.24) is 20.5 Å². The van der Waals surface area contributed by atoms with Crippen molar-refractivity contribution in [3.8, 4) is 0 Å². The summed E-state index contributed by atoms with van der Waals surface area (Å²) in [7, 11) is 4.55.